The van der Waals surface area contributed by atoms with E-state index >= 15 is 0 Å². The fourth-order valence-electron chi connectivity index (χ4n) is 4.40. The molecule has 2 unspecified atom stereocenters. The Hall–Kier alpha value is -1.75. The topological polar surface area (TPSA) is 50.8 Å². The van der Waals surface area contributed by atoms with Crippen LogP contribution in [0, 0.1) is 17.8 Å². The van der Waals surface area contributed by atoms with E-state index in [-0.39, 0.29) is 5.92 Å². The predicted octanol–water partition coefficient (Wildman–Crippen LogP) is 1.24. The van der Waals surface area contributed by atoms with E-state index in [0.29, 0.717) is 36.9 Å². The summed E-state index contributed by atoms with van der Waals surface area (Å²) in [5, 5.41) is 3.43. The fraction of sp³-hybridized carbons (Fsp3) is 0.611. The van der Waals surface area contributed by atoms with Gasteiger partial charge in [-0.2, -0.15) is 0 Å². The van der Waals surface area contributed by atoms with Gasteiger partial charge in [-0.25, -0.2) is 0 Å². The zero-order chi connectivity index (χ0) is 15.4. The lowest BCUT2D eigenvalue weighted by Crippen LogP contribution is -2.33. The molecule has 0 spiro atoms. The summed E-state index contributed by atoms with van der Waals surface area (Å²) in [5.74, 6) is 3.88. The van der Waals surface area contributed by atoms with Crippen molar-refractivity contribution in [3.8, 4) is 11.5 Å². The van der Waals surface area contributed by atoms with E-state index < -0.39 is 0 Å². The second kappa shape index (κ2) is 5.13. The van der Waals surface area contributed by atoms with E-state index in [2.05, 4.69) is 22.3 Å². The summed E-state index contributed by atoms with van der Waals surface area (Å²) >= 11 is 0. The quantitative estimate of drug-likeness (QED) is 0.892. The van der Waals surface area contributed by atoms with Crippen molar-refractivity contribution in [2.45, 2.75) is 12.3 Å². The Balaban J connectivity index is 1.27. The summed E-state index contributed by atoms with van der Waals surface area (Å²) in [5.41, 5.74) is 1.22. The molecular weight excluding hydrogens is 292 g/mol. The molecule has 3 aliphatic heterocycles. The molecule has 3 heterocycles. The van der Waals surface area contributed by atoms with Crippen LogP contribution >= 0.6 is 0 Å². The summed E-state index contributed by atoms with van der Waals surface area (Å²) in [6.45, 7) is 5.26. The molecule has 1 aliphatic carbocycles. The van der Waals surface area contributed by atoms with Crippen LogP contribution in [0.5, 0.6) is 11.5 Å². The van der Waals surface area contributed by atoms with Crippen molar-refractivity contribution < 1.29 is 14.3 Å². The summed E-state index contributed by atoms with van der Waals surface area (Å²) in [7, 11) is 0. The molecule has 1 saturated carbocycles. The largest absolute Gasteiger partial charge is 0.486 e. The highest BCUT2D eigenvalue weighted by atomic mass is 16.6. The van der Waals surface area contributed by atoms with Crippen molar-refractivity contribution in [2.24, 2.45) is 17.8 Å². The molecule has 0 bridgehead atoms. The van der Waals surface area contributed by atoms with Gasteiger partial charge in [0.2, 0.25) is 5.91 Å². The second-order valence-electron chi connectivity index (χ2n) is 7.27. The first kappa shape index (κ1) is 13.7. The second-order valence-corrected chi connectivity index (χ2v) is 7.27. The van der Waals surface area contributed by atoms with Crippen LogP contribution in [0.3, 0.4) is 0 Å². The first-order valence-electron chi connectivity index (χ1n) is 8.68. The summed E-state index contributed by atoms with van der Waals surface area (Å²) in [6.07, 6.45) is 0.975. The third-order valence-electron chi connectivity index (χ3n) is 5.80. The maximum absolute atomic E-state index is 12.8. The van der Waals surface area contributed by atoms with Crippen LogP contribution < -0.4 is 14.8 Å². The minimum absolute atomic E-state index is 0.171. The molecule has 1 aromatic rings. The third-order valence-corrected chi connectivity index (χ3v) is 5.80. The van der Waals surface area contributed by atoms with Gasteiger partial charge in [-0.15, -0.1) is 0 Å². The number of ether oxygens (including phenoxy) is 2. The molecule has 4 atom stereocenters. The first-order valence-corrected chi connectivity index (χ1v) is 8.68. The van der Waals surface area contributed by atoms with E-state index in [1.54, 1.807) is 0 Å². The van der Waals surface area contributed by atoms with Crippen molar-refractivity contribution in [3.63, 3.8) is 0 Å². The van der Waals surface area contributed by atoms with Gasteiger partial charge in [-0.3, -0.25) is 4.79 Å². The van der Waals surface area contributed by atoms with E-state index in [4.69, 9.17) is 9.47 Å². The molecule has 5 nitrogen and oxygen atoms in total. The number of benzene rings is 1. The Morgan fingerprint density at radius 1 is 1.09 bits per heavy atom. The Bertz CT molecular complexity index is 635. The van der Waals surface area contributed by atoms with Crippen LogP contribution in [0.4, 0.5) is 0 Å². The van der Waals surface area contributed by atoms with Crippen LogP contribution in [0.1, 0.15) is 17.9 Å². The molecule has 5 heteroatoms. The molecule has 2 saturated heterocycles. The van der Waals surface area contributed by atoms with Crippen molar-refractivity contribution in [2.75, 3.05) is 39.4 Å². The monoisotopic (exact) mass is 314 g/mol. The normalized spacial score (nSPS) is 34.3. The van der Waals surface area contributed by atoms with Gasteiger partial charge in [-0.05, 0) is 41.9 Å². The number of amides is 1. The smallest absolute Gasteiger partial charge is 0.226 e. The Morgan fingerprint density at radius 3 is 2.61 bits per heavy atom. The van der Waals surface area contributed by atoms with Gasteiger partial charge in [0.1, 0.15) is 13.2 Å². The number of nitrogens with zero attached hydrogens (tertiary/aromatic N) is 1. The zero-order valence-electron chi connectivity index (χ0n) is 13.2. The minimum Gasteiger partial charge on any atom is -0.486 e. The number of carbonyl (C=O) groups is 1. The predicted molar refractivity (Wildman–Crippen MR) is 84.7 cm³/mol. The minimum atomic E-state index is 0.171. The maximum Gasteiger partial charge on any atom is 0.226 e. The standard InChI is InChI=1S/C18H22N2O3/c21-18(20-9-12-7-19-8-13(12)10-20)15-6-14(15)11-1-2-16-17(5-11)23-4-3-22-16/h1-2,5,12-15,19H,3-4,6-10H2/t12-,13+,14?,15?. The lowest BCUT2D eigenvalue weighted by atomic mass is 10.0. The van der Waals surface area contributed by atoms with Gasteiger partial charge in [0, 0.05) is 32.1 Å². The average molecular weight is 314 g/mol. The Kier molecular flexibility index (Phi) is 3.05. The molecule has 122 valence electrons. The lowest BCUT2D eigenvalue weighted by Gasteiger charge is -2.19. The van der Waals surface area contributed by atoms with Crippen molar-refractivity contribution >= 4 is 5.91 Å². The third kappa shape index (κ3) is 2.29. The van der Waals surface area contributed by atoms with Crippen molar-refractivity contribution in [1.82, 2.24) is 10.2 Å². The van der Waals surface area contributed by atoms with Gasteiger partial charge in [0.25, 0.3) is 0 Å². The van der Waals surface area contributed by atoms with Crippen LogP contribution in [0.15, 0.2) is 18.2 Å². The number of hydrogen-bond acceptors (Lipinski definition) is 4. The van der Waals surface area contributed by atoms with Gasteiger partial charge >= 0.3 is 0 Å². The highest BCUT2D eigenvalue weighted by Gasteiger charge is 2.48. The molecule has 0 radical (unpaired) electrons. The number of rotatable bonds is 2. The first-order chi connectivity index (χ1) is 11.3. The summed E-state index contributed by atoms with van der Waals surface area (Å²) < 4.78 is 11.2. The van der Waals surface area contributed by atoms with Gasteiger partial charge in [0.05, 0.1) is 0 Å². The lowest BCUT2D eigenvalue weighted by molar-refractivity contribution is -0.131. The number of likely N-dealkylation sites (tertiary alicyclic amines) is 1. The van der Waals surface area contributed by atoms with E-state index in [1.165, 1.54) is 5.56 Å². The van der Waals surface area contributed by atoms with E-state index in [9.17, 15) is 4.79 Å². The highest BCUT2D eigenvalue weighted by Crippen LogP contribution is 2.50. The molecule has 4 aliphatic rings. The van der Waals surface area contributed by atoms with Gasteiger partial charge in [-0.1, -0.05) is 6.07 Å². The van der Waals surface area contributed by atoms with Crippen LogP contribution in [0.25, 0.3) is 0 Å². The molecule has 5 rings (SSSR count). The molecule has 1 N–H and O–H groups in total. The van der Waals surface area contributed by atoms with Gasteiger partial charge < -0.3 is 19.7 Å². The summed E-state index contributed by atoms with van der Waals surface area (Å²) in [6, 6.07) is 6.14. The Labute approximate surface area is 135 Å². The Morgan fingerprint density at radius 2 is 1.83 bits per heavy atom. The average Bonchev–Trinajstić information content (AvgIpc) is 3.09. The number of hydrogen-bond donors (Lipinski definition) is 1. The van der Waals surface area contributed by atoms with Crippen LogP contribution in [-0.4, -0.2) is 50.2 Å². The highest BCUT2D eigenvalue weighted by molar-refractivity contribution is 5.83. The van der Waals surface area contributed by atoms with Crippen molar-refractivity contribution in [1.29, 1.82) is 0 Å². The number of fused-ring (bicyclic) bond motifs is 2. The van der Waals surface area contributed by atoms with E-state index in [1.807, 2.05) is 6.07 Å². The van der Waals surface area contributed by atoms with E-state index in [0.717, 1.165) is 44.1 Å². The molecule has 1 aromatic carbocycles. The number of nitrogens with one attached hydrogen (secondary N) is 1. The SMILES string of the molecule is O=C(C1CC1c1ccc2c(c1)OCCO2)N1C[C@H]2CNC[C@H]2C1. The summed E-state index contributed by atoms with van der Waals surface area (Å²) in [4.78, 5) is 14.9. The van der Waals surface area contributed by atoms with Crippen LogP contribution in [-0.2, 0) is 4.79 Å². The molecule has 23 heavy (non-hydrogen) atoms. The molecule has 0 aromatic heterocycles. The molecular formula is C18H22N2O3. The molecule has 3 fully saturated rings. The maximum atomic E-state index is 12.8. The van der Waals surface area contributed by atoms with Crippen molar-refractivity contribution in [3.05, 3.63) is 23.8 Å². The zero-order valence-corrected chi connectivity index (χ0v) is 13.2. The fourth-order valence-corrected chi connectivity index (χ4v) is 4.40. The van der Waals surface area contributed by atoms with Gasteiger partial charge in [0.15, 0.2) is 11.5 Å². The van der Waals surface area contributed by atoms with Crippen LogP contribution in [0.2, 0.25) is 0 Å². The molecule has 1 amide bonds. The number of carbonyl (C=O) groups excluding carboxylic acids is 1.